The number of hydrogen-bond acceptors (Lipinski definition) is 4. The minimum atomic E-state index is -0.317. The molecule has 1 aliphatic rings. The number of para-hydroxylation sites is 2. The second-order valence-electron chi connectivity index (χ2n) is 8.43. The smallest absolute Gasteiger partial charge is 0.291 e. The van der Waals surface area contributed by atoms with Crippen molar-refractivity contribution < 1.29 is 14.0 Å². The van der Waals surface area contributed by atoms with Crippen LogP contribution in [-0.4, -0.2) is 42.9 Å². The van der Waals surface area contributed by atoms with Gasteiger partial charge in [0, 0.05) is 46.8 Å². The van der Waals surface area contributed by atoms with Crippen LogP contribution in [0.25, 0.3) is 11.3 Å². The van der Waals surface area contributed by atoms with E-state index in [2.05, 4.69) is 26.1 Å². The molecule has 0 bridgehead atoms. The minimum Gasteiger partial charge on any atom is -0.451 e. The summed E-state index contributed by atoms with van der Waals surface area (Å²) in [6.45, 7) is 2.47. The third-order valence-electron chi connectivity index (χ3n) is 6.11. The molecule has 1 aliphatic heterocycles. The highest BCUT2D eigenvalue weighted by Crippen LogP contribution is 2.29. The molecule has 1 saturated heterocycles. The molecule has 1 aromatic heterocycles. The number of amides is 2. The molecule has 182 valence electrons. The first-order valence-electron chi connectivity index (χ1n) is 11.5. The van der Waals surface area contributed by atoms with Crippen molar-refractivity contribution in [1.29, 1.82) is 0 Å². The second-order valence-corrected chi connectivity index (χ2v) is 9.78. The maximum absolute atomic E-state index is 13.0. The molecule has 0 spiro atoms. The van der Waals surface area contributed by atoms with Gasteiger partial charge in [-0.2, -0.15) is 0 Å². The zero-order valence-corrected chi connectivity index (χ0v) is 21.6. The summed E-state index contributed by atoms with van der Waals surface area (Å²) in [4.78, 5) is 29.8. The van der Waals surface area contributed by atoms with Gasteiger partial charge in [0.25, 0.3) is 11.8 Å². The molecule has 8 heteroatoms. The van der Waals surface area contributed by atoms with E-state index in [0.717, 1.165) is 15.7 Å². The van der Waals surface area contributed by atoms with E-state index < -0.39 is 0 Å². The van der Waals surface area contributed by atoms with Crippen molar-refractivity contribution >= 4 is 50.7 Å². The number of nitrogens with zero attached hydrogens (tertiary/aromatic N) is 2. The molecule has 1 fully saturated rings. The van der Waals surface area contributed by atoms with Gasteiger partial charge >= 0.3 is 0 Å². The van der Waals surface area contributed by atoms with Crippen LogP contribution in [-0.2, 0) is 0 Å². The van der Waals surface area contributed by atoms with Gasteiger partial charge in [-0.15, -0.1) is 0 Å². The van der Waals surface area contributed by atoms with E-state index >= 15 is 0 Å². The average molecular weight is 565 g/mol. The summed E-state index contributed by atoms with van der Waals surface area (Å²) in [5, 5.41) is 3.59. The molecular weight excluding hydrogens is 542 g/mol. The highest BCUT2D eigenvalue weighted by Gasteiger charge is 2.24. The van der Waals surface area contributed by atoms with E-state index in [4.69, 9.17) is 16.0 Å². The van der Waals surface area contributed by atoms with Crippen LogP contribution in [0.5, 0.6) is 0 Å². The quantitative estimate of drug-likeness (QED) is 0.297. The van der Waals surface area contributed by atoms with Crippen molar-refractivity contribution in [2.75, 3.05) is 36.4 Å². The summed E-state index contributed by atoms with van der Waals surface area (Å²) in [5.41, 5.74) is 3.12. The van der Waals surface area contributed by atoms with Gasteiger partial charge in [0.15, 0.2) is 5.76 Å². The molecule has 36 heavy (non-hydrogen) atoms. The predicted octanol–water partition coefficient (Wildman–Crippen LogP) is 6.58. The second kappa shape index (κ2) is 10.6. The third kappa shape index (κ3) is 5.32. The lowest BCUT2D eigenvalue weighted by Gasteiger charge is -2.37. The van der Waals surface area contributed by atoms with Crippen LogP contribution in [0.15, 0.2) is 93.8 Å². The highest BCUT2D eigenvalue weighted by atomic mass is 79.9. The zero-order chi connectivity index (χ0) is 25.1. The summed E-state index contributed by atoms with van der Waals surface area (Å²) < 4.78 is 6.80. The molecule has 0 saturated carbocycles. The van der Waals surface area contributed by atoms with Gasteiger partial charge in [-0.25, -0.2) is 0 Å². The van der Waals surface area contributed by atoms with E-state index in [1.807, 2.05) is 53.4 Å². The van der Waals surface area contributed by atoms with Crippen molar-refractivity contribution in [3.05, 3.63) is 106 Å². The number of benzene rings is 3. The molecule has 3 aromatic carbocycles. The Morgan fingerprint density at radius 3 is 2.25 bits per heavy atom. The number of carbonyl (C=O) groups excluding carboxylic acids is 2. The molecule has 5 rings (SSSR count). The Kier molecular flexibility index (Phi) is 7.11. The number of piperazine rings is 1. The van der Waals surface area contributed by atoms with E-state index in [-0.39, 0.29) is 17.6 Å². The first-order chi connectivity index (χ1) is 17.5. The van der Waals surface area contributed by atoms with Gasteiger partial charge in [-0.05, 0) is 60.7 Å². The van der Waals surface area contributed by atoms with E-state index in [9.17, 15) is 9.59 Å². The zero-order valence-electron chi connectivity index (χ0n) is 19.3. The van der Waals surface area contributed by atoms with Crippen molar-refractivity contribution in [3.63, 3.8) is 0 Å². The van der Waals surface area contributed by atoms with Crippen molar-refractivity contribution in [1.82, 2.24) is 4.90 Å². The first-order valence-corrected chi connectivity index (χ1v) is 12.7. The summed E-state index contributed by atoms with van der Waals surface area (Å²) in [6, 6.07) is 25.8. The lowest BCUT2D eigenvalue weighted by molar-refractivity contribution is 0.0746. The van der Waals surface area contributed by atoms with Crippen molar-refractivity contribution in [3.8, 4) is 11.3 Å². The lowest BCUT2D eigenvalue weighted by Crippen LogP contribution is -2.49. The average Bonchev–Trinajstić information content (AvgIpc) is 3.40. The lowest BCUT2D eigenvalue weighted by atomic mass is 10.1. The molecule has 2 heterocycles. The SMILES string of the molecule is O=C(Nc1ccccc1N1CCN(C(=O)c2ccc(Cl)cc2)CC1)c1ccc(-c2ccc(Br)cc2)o1. The fourth-order valence-corrected chi connectivity index (χ4v) is 4.58. The Morgan fingerprint density at radius 1 is 0.833 bits per heavy atom. The summed E-state index contributed by atoms with van der Waals surface area (Å²) in [6.07, 6.45) is 0. The Hall–Kier alpha value is -3.55. The monoisotopic (exact) mass is 563 g/mol. The van der Waals surface area contributed by atoms with Crippen LogP contribution >= 0.6 is 27.5 Å². The van der Waals surface area contributed by atoms with Gasteiger partial charge in [-0.3, -0.25) is 9.59 Å². The van der Waals surface area contributed by atoms with Crippen LogP contribution in [0.3, 0.4) is 0 Å². The molecule has 2 amide bonds. The topological polar surface area (TPSA) is 65.8 Å². The number of nitrogens with one attached hydrogen (secondary N) is 1. The van der Waals surface area contributed by atoms with Gasteiger partial charge < -0.3 is 19.5 Å². The summed E-state index contributed by atoms with van der Waals surface area (Å²) in [5.74, 6) is 0.540. The molecule has 0 aliphatic carbocycles. The van der Waals surface area contributed by atoms with Crippen molar-refractivity contribution in [2.24, 2.45) is 0 Å². The van der Waals surface area contributed by atoms with Crippen LogP contribution < -0.4 is 10.2 Å². The summed E-state index contributed by atoms with van der Waals surface area (Å²) >= 11 is 9.37. The van der Waals surface area contributed by atoms with E-state index in [1.54, 1.807) is 36.4 Å². The molecule has 0 unspecified atom stereocenters. The number of rotatable bonds is 5. The third-order valence-corrected chi connectivity index (χ3v) is 6.89. The number of carbonyl (C=O) groups is 2. The number of furan rings is 1. The molecule has 6 nitrogen and oxygen atoms in total. The molecule has 0 atom stereocenters. The van der Waals surface area contributed by atoms with Crippen LogP contribution in [0.1, 0.15) is 20.9 Å². The first kappa shape index (κ1) is 24.2. The predicted molar refractivity (Wildman–Crippen MR) is 146 cm³/mol. The largest absolute Gasteiger partial charge is 0.451 e. The van der Waals surface area contributed by atoms with Gasteiger partial charge in [0.1, 0.15) is 5.76 Å². The van der Waals surface area contributed by atoms with Crippen LogP contribution in [0.4, 0.5) is 11.4 Å². The van der Waals surface area contributed by atoms with Crippen molar-refractivity contribution in [2.45, 2.75) is 0 Å². The number of halogens is 2. The Labute approximate surface area is 222 Å². The Bertz CT molecular complexity index is 1380. The van der Waals surface area contributed by atoms with Gasteiger partial charge in [0.05, 0.1) is 11.4 Å². The van der Waals surface area contributed by atoms with Crippen LogP contribution in [0, 0.1) is 0 Å². The maximum Gasteiger partial charge on any atom is 0.291 e. The minimum absolute atomic E-state index is 0.00713. The number of hydrogen-bond donors (Lipinski definition) is 1. The maximum atomic E-state index is 13.0. The number of anilines is 2. The van der Waals surface area contributed by atoms with Gasteiger partial charge in [0.2, 0.25) is 0 Å². The fourth-order valence-electron chi connectivity index (χ4n) is 4.19. The highest BCUT2D eigenvalue weighted by molar-refractivity contribution is 9.10. The molecule has 4 aromatic rings. The Balaban J connectivity index is 1.25. The van der Waals surface area contributed by atoms with Gasteiger partial charge in [-0.1, -0.05) is 51.8 Å². The van der Waals surface area contributed by atoms with E-state index in [1.165, 1.54) is 0 Å². The molecule has 1 N–H and O–H groups in total. The van der Waals surface area contributed by atoms with E-state index in [0.29, 0.717) is 48.2 Å². The normalized spacial score (nSPS) is 13.5. The molecular formula is C28H23BrClN3O3. The summed E-state index contributed by atoms with van der Waals surface area (Å²) in [7, 11) is 0. The van der Waals surface area contributed by atoms with Crippen LogP contribution in [0.2, 0.25) is 5.02 Å². The standard InChI is InChI=1S/C28H23BrClN3O3/c29-21-9-5-19(6-10-21)25-13-14-26(36-25)27(34)31-23-3-1-2-4-24(23)32-15-17-33(18-16-32)28(35)20-7-11-22(30)12-8-20/h1-14H,15-18H2,(H,31,34). The molecule has 0 radical (unpaired) electrons. The fraction of sp³-hybridized carbons (Fsp3) is 0.143. The Morgan fingerprint density at radius 2 is 1.53 bits per heavy atom.